The van der Waals surface area contributed by atoms with Gasteiger partial charge in [-0.25, -0.2) is 0 Å². The first-order chi connectivity index (χ1) is 13.0. The van der Waals surface area contributed by atoms with Crippen molar-refractivity contribution in [3.63, 3.8) is 0 Å². The number of carbonyl (C=O) groups excluding carboxylic acids is 1. The van der Waals surface area contributed by atoms with E-state index in [0.717, 1.165) is 6.42 Å². The van der Waals surface area contributed by atoms with Crippen molar-refractivity contribution in [2.45, 2.75) is 31.5 Å². The minimum absolute atomic E-state index is 0.0356. The monoisotopic (exact) mass is 441 g/mol. The summed E-state index contributed by atoms with van der Waals surface area (Å²) in [7, 11) is 0. The van der Waals surface area contributed by atoms with Crippen LogP contribution < -0.4 is 5.32 Å². The van der Waals surface area contributed by atoms with Gasteiger partial charge in [0.1, 0.15) is 5.76 Å². The molecule has 27 heavy (non-hydrogen) atoms. The predicted molar refractivity (Wildman–Crippen MR) is 109 cm³/mol. The molecule has 0 amide bonds. The molecule has 0 aromatic heterocycles. The number of Topliss-reactive ketones (excluding diaryl/α,β-unsaturated/α-hetero) is 1. The van der Waals surface area contributed by atoms with Gasteiger partial charge >= 0.3 is 0 Å². The van der Waals surface area contributed by atoms with E-state index in [1.807, 2.05) is 0 Å². The summed E-state index contributed by atoms with van der Waals surface area (Å²) < 4.78 is 6.13. The van der Waals surface area contributed by atoms with Crippen molar-refractivity contribution in [3.05, 3.63) is 78.9 Å². The highest BCUT2D eigenvalue weighted by Crippen LogP contribution is 2.45. The maximum atomic E-state index is 12.7. The van der Waals surface area contributed by atoms with Crippen LogP contribution in [0.15, 0.2) is 47.7 Å². The van der Waals surface area contributed by atoms with E-state index in [1.165, 1.54) is 0 Å². The average Bonchev–Trinajstić information content (AvgIpc) is 2.61. The van der Waals surface area contributed by atoms with Crippen LogP contribution >= 0.6 is 46.4 Å². The SMILES string of the molecule is O=C1CCCC2=C1C(c1c(Cl)cccc1Cl)NC(c1c(Cl)cccc1Cl)O2. The number of hydrogen-bond donors (Lipinski definition) is 1. The van der Waals surface area contributed by atoms with Crippen molar-refractivity contribution in [2.24, 2.45) is 0 Å². The van der Waals surface area contributed by atoms with E-state index in [0.29, 0.717) is 55.4 Å². The number of rotatable bonds is 2. The minimum Gasteiger partial charge on any atom is -0.475 e. The molecule has 4 rings (SSSR count). The van der Waals surface area contributed by atoms with Gasteiger partial charge in [-0.15, -0.1) is 0 Å². The van der Waals surface area contributed by atoms with Gasteiger partial charge in [-0.05, 0) is 30.7 Å². The third kappa shape index (κ3) is 3.48. The van der Waals surface area contributed by atoms with E-state index in [1.54, 1.807) is 36.4 Å². The van der Waals surface area contributed by atoms with Gasteiger partial charge in [0, 0.05) is 34.0 Å². The summed E-state index contributed by atoms with van der Waals surface area (Å²) in [4.78, 5) is 12.7. The van der Waals surface area contributed by atoms with Crippen molar-refractivity contribution in [1.29, 1.82) is 0 Å². The lowest BCUT2D eigenvalue weighted by atomic mass is 9.86. The van der Waals surface area contributed by atoms with Crippen molar-refractivity contribution in [3.8, 4) is 0 Å². The molecule has 0 spiro atoms. The summed E-state index contributed by atoms with van der Waals surface area (Å²) >= 11 is 25.7. The highest BCUT2D eigenvalue weighted by molar-refractivity contribution is 6.36. The first kappa shape index (κ1) is 19.1. The van der Waals surface area contributed by atoms with Crippen molar-refractivity contribution in [2.75, 3.05) is 0 Å². The van der Waals surface area contributed by atoms with Gasteiger partial charge in [0.15, 0.2) is 12.0 Å². The molecule has 0 radical (unpaired) electrons. The fourth-order valence-corrected chi connectivity index (χ4v) is 4.82. The Balaban J connectivity index is 1.87. The smallest absolute Gasteiger partial charge is 0.179 e. The van der Waals surface area contributed by atoms with E-state index >= 15 is 0 Å². The topological polar surface area (TPSA) is 38.3 Å². The molecule has 2 unspecified atom stereocenters. The van der Waals surface area contributed by atoms with E-state index in [2.05, 4.69) is 5.32 Å². The fourth-order valence-electron chi connectivity index (χ4n) is 3.61. The lowest BCUT2D eigenvalue weighted by Crippen LogP contribution is -2.39. The lowest BCUT2D eigenvalue weighted by molar-refractivity contribution is -0.118. The molecular formula is C20H15Cl4NO2. The molecule has 1 heterocycles. The van der Waals surface area contributed by atoms with Gasteiger partial charge in [0.05, 0.1) is 21.7 Å². The Bertz CT molecular complexity index is 916. The van der Waals surface area contributed by atoms with Crippen LogP contribution in [0.4, 0.5) is 0 Å². The quantitative estimate of drug-likeness (QED) is 0.564. The molecule has 3 nitrogen and oxygen atoms in total. The van der Waals surface area contributed by atoms with Crippen LogP contribution in [0.5, 0.6) is 0 Å². The zero-order chi connectivity index (χ0) is 19.1. The molecule has 140 valence electrons. The number of nitrogens with one attached hydrogen (secondary N) is 1. The third-order valence-corrected chi connectivity index (χ3v) is 6.14. The van der Waals surface area contributed by atoms with Gasteiger partial charge in [0.25, 0.3) is 0 Å². The van der Waals surface area contributed by atoms with Gasteiger partial charge in [-0.2, -0.15) is 0 Å². The van der Waals surface area contributed by atoms with Crippen LogP contribution in [-0.2, 0) is 9.53 Å². The Kier molecular flexibility index (Phi) is 5.41. The Labute approximate surface area is 177 Å². The first-order valence-corrected chi connectivity index (χ1v) is 10.1. The standard InChI is InChI=1S/C20H15Cl4NO2/c21-10-4-1-5-11(22)16(10)19-18-14(26)8-3-9-15(18)27-20(25-19)17-12(23)6-2-7-13(17)24/h1-2,4-7,19-20,25H,3,8-9H2. The number of hydrogen-bond acceptors (Lipinski definition) is 3. The van der Waals surface area contributed by atoms with Crippen LogP contribution in [0, 0.1) is 0 Å². The Hall–Kier alpha value is -1.23. The number of allylic oxidation sites excluding steroid dienone is 1. The summed E-state index contributed by atoms with van der Waals surface area (Å²) in [6, 6.07) is 10.1. The number of halogens is 4. The zero-order valence-corrected chi connectivity index (χ0v) is 17.1. The highest BCUT2D eigenvalue weighted by Gasteiger charge is 2.39. The third-order valence-electron chi connectivity index (χ3n) is 4.83. The highest BCUT2D eigenvalue weighted by atomic mass is 35.5. The van der Waals surface area contributed by atoms with Gasteiger partial charge in [0.2, 0.25) is 0 Å². The molecule has 1 aliphatic heterocycles. The molecule has 2 aromatic carbocycles. The summed E-state index contributed by atoms with van der Waals surface area (Å²) in [5.74, 6) is 0.681. The molecule has 1 N–H and O–H groups in total. The van der Waals surface area contributed by atoms with Crippen LogP contribution in [0.3, 0.4) is 0 Å². The Morgan fingerprint density at radius 3 is 2.00 bits per heavy atom. The van der Waals surface area contributed by atoms with Crippen molar-refractivity contribution in [1.82, 2.24) is 5.32 Å². The van der Waals surface area contributed by atoms with Gasteiger partial charge in [-0.1, -0.05) is 58.5 Å². The summed E-state index contributed by atoms with van der Waals surface area (Å²) in [6.07, 6.45) is 1.26. The molecular weight excluding hydrogens is 428 g/mol. The predicted octanol–water partition coefficient (Wildman–Crippen LogP) is 6.67. The van der Waals surface area contributed by atoms with Gasteiger partial charge < -0.3 is 4.74 Å². The maximum Gasteiger partial charge on any atom is 0.179 e. The molecule has 2 atom stereocenters. The normalized spacial score (nSPS) is 22.4. The Morgan fingerprint density at radius 2 is 1.41 bits per heavy atom. The van der Waals surface area contributed by atoms with E-state index in [-0.39, 0.29) is 5.78 Å². The van der Waals surface area contributed by atoms with Crippen LogP contribution in [0.1, 0.15) is 42.7 Å². The first-order valence-electron chi connectivity index (χ1n) is 8.54. The molecule has 1 aliphatic carbocycles. The maximum absolute atomic E-state index is 12.7. The summed E-state index contributed by atoms with van der Waals surface area (Å²) in [5.41, 5.74) is 1.86. The van der Waals surface area contributed by atoms with Crippen molar-refractivity contribution < 1.29 is 9.53 Å². The average molecular weight is 443 g/mol. The summed E-state index contributed by atoms with van der Waals surface area (Å²) in [5, 5.41) is 5.27. The van der Waals surface area contributed by atoms with Crippen LogP contribution in [0.25, 0.3) is 0 Å². The van der Waals surface area contributed by atoms with Crippen LogP contribution in [-0.4, -0.2) is 5.78 Å². The fraction of sp³-hybridized carbons (Fsp3) is 0.250. The molecule has 0 fully saturated rings. The number of ketones is 1. The number of carbonyl (C=O) groups is 1. The lowest BCUT2D eigenvalue weighted by Gasteiger charge is -2.38. The molecule has 0 bridgehead atoms. The van der Waals surface area contributed by atoms with Gasteiger partial charge in [-0.3, -0.25) is 10.1 Å². The van der Waals surface area contributed by atoms with E-state index in [9.17, 15) is 4.79 Å². The Morgan fingerprint density at radius 1 is 0.852 bits per heavy atom. The van der Waals surface area contributed by atoms with E-state index in [4.69, 9.17) is 51.1 Å². The second-order valence-electron chi connectivity index (χ2n) is 6.48. The van der Waals surface area contributed by atoms with Crippen LogP contribution in [0.2, 0.25) is 20.1 Å². The number of ether oxygens (including phenoxy) is 1. The largest absolute Gasteiger partial charge is 0.475 e. The second kappa shape index (κ2) is 7.65. The minimum atomic E-state index is -0.617. The molecule has 0 saturated carbocycles. The van der Waals surface area contributed by atoms with Crippen molar-refractivity contribution >= 4 is 52.2 Å². The molecule has 2 aromatic rings. The van der Waals surface area contributed by atoms with E-state index < -0.39 is 12.3 Å². The molecule has 0 saturated heterocycles. The number of benzene rings is 2. The summed E-state index contributed by atoms with van der Waals surface area (Å²) in [6.45, 7) is 0. The molecule has 2 aliphatic rings. The zero-order valence-electron chi connectivity index (χ0n) is 14.1. The second-order valence-corrected chi connectivity index (χ2v) is 8.11. The molecule has 7 heteroatoms.